The summed E-state index contributed by atoms with van der Waals surface area (Å²) in [6.07, 6.45) is 7.87. The van der Waals surface area contributed by atoms with Gasteiger partial charge in [0.05, 0.1) is 30.5 Å². The average molecular weight is 549 g/mol. The monoisotopic (exact) mass is 548 g/mol. The van der Waals surface area contributed by atoms with Gasteiger partial charge in [0.25, 0.3) is 0 Å². The number of hydrogen-bond acceptors (Lipinski definition) is 5. The number of carbonyl (C=O) groups is 3. The Morgan fingerprint density at radius 2 is 1.68 bits per heavy atom. The van der Waals surface area contributed by atoms with Crippen LogP contribution in [0.2, 0.25) is 0 Å². The molecule has 2 aromatic rings. The van der Waals surface area contributed by atoms with Crippen LogP contribution >= 0.6 is 0 Å². The molecule has 0 aliphatic carbocycles. The van der Waals surface area contributed by atoms with Gasteiger partial charge in [0, 0.05) is 6.42 Å². The van der Waals surface area contributed by atoms with Crippen LogP contribution in [0.25, 0.3) is 0 Å². The highest BCUT2D eigenvalue weighted by molar-refractivity contribution is 5.86. The van der Waals surface area contributed by atoms with Gasteiger partial charge in [0.1, 0.15) is 6.61 Å². The summed E-state index contributed by atoms with van der Waals surface area (Å²) >= 11 is 0. The van der Waals surface area contributed by atoms with Gasteiger partial charge in [-0.05, 0) is 55.6 Å². The van der Waals surface area contributed by atoms with Crippen molar-refractivity contribution < 1.29 is 24.2 Å². The number of amides is 2. The number of aliphatic hydroxyl groups excluding tert-OH is 1. The van der Waals surface area contributed by atoms with Gasteiger partial charge in [-0.1, -0.05) is 86.7 Å². The Labute approximate surface area is 238 Å². The first-order chi connectivity index (χ1) is 19.4. The summed E-state index contributed by atoms with van der Waals surface area (Å²) < 4.78 is 5.76. The molecular formula is C33H44N2O5. The summed E-state index contributed by atoms with van der Waals surface area (Å²) in [5, 5.41) is 15.8. The van der Waals surface area contributed by atoms with Crippen LogP contribution in [-0.2, 0) is 32.0 Å². The zero-order chi connectivity index (χ0) is 28.7. The molecule has 3 rings (SSSR count). The zero-order valence-electron chi connectivity index (χ0n) is 23.8. The van der Waals surface area contributed by atoms with Crippen LogP contribution in [0.5, 0.6) is 0 Å². The number of esters is 1. The summed E-state index contributed by atoms with van der Waals surface area (Å²) in [5.41, 5.74) is 2.11. The van der Waals surface area contributed by atoms with Gasteiger partial charge < -0.3 is 20.5 Å². The first kappa shape index (κ1) is 31.1. The second-order valence-corrected chi connectivity index (χ2v) is 11.1. The molecule has 0 saturated carbocycles. The van der Waals surface area contributed by atoms with Gasteiger partial charge in [-0.2, -0.15) is 0 Å². The van der Waals surface area contributed by atoms with Gasteiger partial charge in [0.2, 0.25) is 11.8 Å². The third-order valence-electron chi connectivity index (χ3n) is 7.42. The Bertz CT molecular complexity index is 1090. The molecule has 0 saturated heterocycles. The minimum absolute atomic E-state index is 0.00517. The van der Waals surface area contributed by atoms with Gasteiger partial charge in [-0.3, -0.25) is 14.4 Å². The van der Waals surface area contributed by atoms with Crippen molar-refractivity contribution >= 4 is 17.8 Å². The maximum atomic E-state index is 13.4. The van der Waals surface area contributed by atoms with Crippen molar-refractivity contribution in [3.63, 3.8) is 0 Å². The molecule has 3 N–H and O–H groups in total. The molecule has 0 bridgehead atoms. The number of ether oxygens (including phenoxy) is 1. The molecule has 1 heterocycles. The maximum Gasteiger partial charge on any atom is 0.309 e. The lowest BCUT2D eigenvalue weighted by Gasteiger charge is -2.26. The minimum Gasteiger partial charge on any atom is -0.463 e. The lowest BCUT2D eigenvalue weighted by atomic mass is 9.93. The molecule has 7 heteroatoms. The third kappa shape index (κ3) is 10.6. The quantitative estimate of drug-likeness (QED) is 0.319. The number of allylic oxidation sites excluding steroid dienone is 2. The van der Waals surface area contributed by atoms with Crippen molar-refractivity contribution in [2.24, 2.45) is 17.8 Å². The molecule has 2 aromatic carbocycles. The van der Waals surface area contributed by atoms with Crippen LogP contribution in [0.15, 0.2) is 72.8 Å². The third-order valence-corrected chi connectivity index (χ3v) is 7.42. The van der Waals surface area contributed by atoms with Gasteiger partial charge in [-0.15, -0.1) is 0 Å². The van der Waals surface area contributed by atoms with Gasteiger partial charge in [-0.25, -0.2) is 0 Å². The number of aliphatic hydroxyl groups is 1. The molecular weight excluding hydrogens is 504 g/mol. The fourth-order valence-electron chi connectivity index (χ4n) is 4.91. The van der Waals surface area contributed by atoms with Crippen molar-refractivity contribution in [2.75, 3.05) is 13.2 Å². The molecule has 0 fully saturated rings. The fourth-order valence-corrected chi connectivity index (χ4v) is 4.91. The van der Waals surface area contributed by atoms with Crippen LogP contribution in [0.1, 0.15) is 57.1 Å². The lowest BCUT2D eigenvalue weighted by molar-refractivity contribution is -0.150. The molecule has 4 unspecified atom stereocenters. The van der Waals surface area contributed by atoms with Crippen LogP contribution in [0.3, 0.4) is 0 Å². The smallest absolute Gasteiger partial charge is 0.309 e. The zero-order valence-corrected chi connectivity index (χ0v) is 23.8. The molecule has 40 heavy (non-hydrogen) atoms. The molecule has 7 nitrogen and oxygen atoms in total. The Balaban J connectivity index is 1.66. The number of hydrogen-bond donors (Lipinski definition) is 3. The first-order valence-electron chi connectivity index (χ1n) is 14.5. The predicted octanol–water partition coefficient (Wildman–Crippen LogP) is 4.39. The number of benzene rings is 2. The molecule has 1 aliphatic rings. The van der Waals surface area contributed by atoms with Crippen molar-refractivity contribution in [1.82, 2.24) is 10.6 Å². The molecule has 216 valence electrons. The van der Waals surface area contributed by atoms with E-state index in [2.05, 4.69) is 10.6 Å². The number of nitrogens with one attached hydrogen (secondary N) is 2. The van der Waals surface area contributed by atoms with Crippen LogP contribution in [0.4, 0.5) is 0 Å². The van der Waals surface area contributed by atoms with Crippen molar-refractivity contribution in [1.29, 1.82) is 0 Å². The molecule has 0 radical (unpaired) electrons. The fraction of sp³-hybridized carbons (Fsp3) is 0.485. The average Bonchev–Trinajstić information content (AvgIpc) is 2.95. The Morgan fingerprint density at radius 3 is 2.33 bits per heavy atom. The highest BCUT2D eigenvalue weighted by atomic mass is 16.5. The molecule has 2 amide bonds. The van der Waals surface area contributed by atoms with E-state index in [4.69, 9.17) is 4.74 Å². The summed E-state index contributed by atoms with van der Waals surface area (Å²) in [6, 6.07) is 18.8. The molecule has 0 aromatic heterocycles. The maximum absolute atomic E-state index is 13.4. The van der Waals surface area contributed by atoms with E-state index in [1.165, 1.54) is 0 Å². The molecule has 0 spiro atoms. The van der Waals surface area contributed by atoms with Crippen LogP contribution < -0.4 is 10.6 Å². The van der Waals surface area contributed by atoms with Crippen molar-refractivity contribution in [2.45, 2.75) is 70.9 Å². The summed E-state index contributed by atoms with van der Waals surface area (Å²) in [7, 11) is 0. The Kier molecular flexibility index (Phi) is 12.9. The summed E-state index contributed by atoms with van der Waals surface area (Å²) in [6.45, 7) is 3.84. The van der Waals surface area contributed by atoms with E-state index in [1.54, 1.807) is 0 Å². The SMILES string of the molecule is CC(C)C1COC(=O)C(Cc2ccccc2)CCCC=CCC(CC(=O)NC(CO)Cc2ccccc2)C(=O)N1. The highest BCUT2D eigenvalue weighted by Crippen LogP contribution is 2.20. The molecule has 1 aliphatic heterocycles. The topological polar surface area (TPSA) is 105 Å². The number of carbonyl (C=O) groups excluding carboxylic acids is 3. The summed E-state index contributed by atoms with van der Waals surface area (Å²) in [5.74, 6) is -1.54. The van der Waals surface area contributed by atoms with E-state index < -0.39 is 12.0 Å². The highest BCUT2D eigenvalue weighted by Gasteiger charge is 2.28. The van der Waals surface area contributed by atoms with E-state index in [1.807, 2.05) is 86.7 Å². The van der Waals surface area contributed by atoms with E-state index in [9.17, 15) is 19.5 Å². The Hall–Kier alpha value is -3.45. The van der Waals surface area contributed by atoms with Crippen LogP contribution in [-0.4, -0.2) is 48.2 Å². The van der Waals surface area contributed by atoms with Gasteiger partial charge >= 0.3 is 5.97 Å². The number of cyclic esters (lactones) is 1. The van der Waals surface area contributed by atoms with Crippen molar-refractivity contribution in [3.05, 3.63) is 83.9 Å². The molecule has 4 atom stereocenters. The van der Waals surface area contributed by atoms with E-state index in [0.717, 1.165) is 24.0 Å². The normalized spacial score (nSPS) is 21.6. The van der Waals surface area contributed by atoms with E-state index >= 15 is 0 Å². The van der Waals surface area contributed by atoms with Crippen LogP contribution in [0, 0.1) is 17.8 Å². The predicted molar refractivity (Wildman–Crippen MR) is 156 cm³/mol. The number of rotatable bonds is 9. The first-order valence-corrected chi connectivity index (χ1v) is 14.5. The largest absolute Gasteiger partial charge is 0.463 e. The summed E-state index contributed by atoms with van der Waals surface area (Å²) in [4.78, 5) is 39.4. The van der Waals surface area contributed by atoms with E-state index in [-0.39, 0.29) is 55.3 Å². The second kappa shape index (κ2) is 16.6. The standard InChI is InChI=1S/C33H44N2O5/c1-24(2)30-23-40-33(39)28(19-25-13-7-5-8-14-25)18-12-4-3-11-17-27(32(38)35-30)21-31(37)34-29(22-36)20-26-15-9-6-10-16-26/h3,5-11,13-16,24,27-30,36H,4,12,17-23H2,1-2H3,(H,34,37)(H,35,38). The Morgan fingerprint density at radius 1 is 1.00 bits per heavy atom. The minimum atomic E-state index is -0.571. The lowest BCUT2D eigenvalue weighted by Crippen LogP contribution is -2.47. The second-order valence-electron chi connectivity index (χ2n) is 11.1. The van der Waals surface area contributed by atoms with Crippen molar-refractivity contribution in [3.8, 4) is 0 Å². The van der Waals surface area contributed by atoms with E-state index in [0.29, 0.717) is 25.7 Å². The van der Waals surface area contributed by atoms with Gasteiger partial charge in [0.15, 0.2) is 0 Å².